The van der Waals surface area contributed by atoms with E-state index in [4.69, 9.17) is 0 Å². The monoisotopic (exact) mass is 251 g/mol. The first-order chi connectivity index (χ1) is 8.49. The van der Waals surface area contributed by atoms with Crippen molar-refractivity contribution in [2.45, 2.75) is 33.3 Å². The second-order valence-corrected chi connectivity index (χ2v) is 5.62. The lowest BCUT2D eigenvalue weighted by Gasteiger charge is -2.24. The van der Waals surface area contributed by atoms with Crippen molar-refractivity contribution in [1.82, 2.24) is 0 Å². The van der Waals surface area contributed by atoms with Crippen molar-refractivity contribution >= 4 is 5.69 Å². The molecule has 0 amide bonds. The molecule has 1 aliphatic heterocycles. The minimum Gasteiger partial charge on any atom is -0.389 e. The Balaban J connectivity index is 2.24. The molecule has 1 saturated heterocycles. The van der Waals surface area contributed by atoms with Crippen molar-refractivity contribution in [3.63, 3.8) is 0 Å². The van der Waals surface area contributed by atoms with Crippen molar-refractivity contribution in [3.05, 3.63) is 29.6 Å². The molecule has 2 nitrogen and oxygen atoms in total. The average molecular weight is 251 g/mol. The fourth-order valence-corrected chi connectivity index (χ4v) is 2.70. The number of benzene rings is 1. The fraction of sp³-hybridized carbons (Fsp3) is 0.600. The molecule has 0 radical (unpaired) electrons. The summed E-state index contributed by atoms with van der Waals surface area (Å²) in [5.74, 6) is 1.08. The first kappa shape index (κ1) is 13.3. The molecule has 0 bridgehead atoms. The van der Waals surface area contributed by atoms with Crippen molar-refractivity contribution in [2.24, 2.45) is 11.8 Å². The van der Waals surface area contributed by atoms with E-state index < -0.39 is 6.10 Å². The molecule has 1 aliphatic rings. The zero-order valence-corrected chi connectivity index (χ0v) is 11.4. The number of halogens is 1. The topological polar surface area (TPSA) is 23.5 Å². The van der Waals surface area contributed by atoms with Crippen LogP contribution in [0, 0.1) is 17.7 Å². The van der Waals surface area contributed by atoms with Gasteiger partial charge in [-0.3, -0.25) is 0 Å². The molecule has 1 aromatic rings. The first-order valence-corrected chi connectivity index (χ1v) is 6.71. The molecule has 0 aliphatic carbocycles. The van der Waals surface area contributed by atoms with Crippen LogP contribution < -0.4 is 4.90 Å². The molecule has 0 spiro atoms. The first-order valence-electron chi connectivity index (χ1n) is 6.71. The molecule has 1 N–H and O–H groups in total. The standard InChI is InChI=1S/C15H22FNO/c1-10(2)12-6-7-17(9-12)15-5-4-13(16)8-14(15)11(3)18/h4-5,8,10-12,18H,6-7,9H2,1-3H3/t11-,12?/m1/s1. The second kappa shape index (κ2) is 5.27. The summed E-state index contributed by atoms with van der Waals surface area (Å²) < 4.78 is 13.3. The van der Waals surface area contributed by atoms with Crippen LogP contribution in [0.5, 0.6) is 0 Å². The SMILES string of the molecule is CC(C)C1CCN(c2ccc(F)cc2[C@@H](C)O)C1. The Morgan fingerprint density at radius 3 is 2.61 bits per heavy atom. The van der Waals surface area contributed by atoms with E-state index in [0.29, 0.717) is 17.4 Å². The summed E-state index contributed by atoms with van der Waals surface area (Å²) in [6.07, 6.45) is 0.544. The number of anilines is 1. The summed E-state index contributed by atoms with van der Waals surface area (Å²) in [4.78, 5) is 2.27. The third-order valence-electron chi connectivity index (χ3n) is 3.95. The summed E-state index contributed by atoms with van der Waals surface area (Å²) in [5, 5.41) is 9.77. The van der Waals surface area contributed by atoms with Gasteiger partial charge < -0.3 is 10.0 Å². The minimum absolute atomic E-state index is 0.283. The Kier molecular flexibility index (Phi) is 3.91. The highest BCUT2D eigenvalue weighted by Gasteiger charge is 2.27. The van der Waals surface area contributed by atoms with Gasteiger partial charge >= 0.3 is 0 Å². The van der Waals surface area contributed by atoms with E-state index >= 15 is 0 Å². The zero-order valence-electron chi connectivity index (χ0n) is 11.4. The molecule has 0 saturated carbocycles. The van der Waals surface area contributed by atoms with Crippen LogP contribution >= 0.6 is 0 Å². The predicted octanol–water partition coefficient (Wildman–Crippen LogP) is 3.36. The fourth-order valence-electron chi connectivity index (χ4n) is 2.70. The van der Waals surface area contributed by atoms with Gasteiger partial charge in [-0.1, -0.05) is 13.8 Å². The largest absolute Gasteiger partial charge is 0.389 e. The molecule has 2 rings (SSSR count). The van der Waals surface area contributed by atoms with Crippen molar-refractivity contribution in [1.29, 1.82) is 0 Å². The van der Waals surface area contributed by atoms with E-state index in [1.807, 2.05) is 0 Å². The van der Waals surface area contributed by atoms with Crippen LogP contribution in [0.15, 0.2) is 18.2 Å². The normalized spacial score (nSPS) is 21.7. The quantitative estimate of drug-likeness (QED) is 0.890. The third-order valence-corrected chi connectivity index (χ3v) is 3.95. The number of nitrogens with zero attached hydrogens (tertiary/aromatic N) is 1. The Morgan fingerprint density at radius 2 is 2.06 bits per heavy atom. The van der Waals surface area contributed by atoms with Crippen molar-refractivity contribution < 1.29 is 9.50 Å². The van der Waals surface area contributed by atoms with Gasteiger partial charge in [-0.2, -0.15) is 0 Å². The molecule has 18 heavy (non-hydrogen) atoms. The molecule has 1 aromatic carbocycles. The maximum Gasteiger partial charge on any atom is 0.123 e. The lowest BCUT2D eigenvalue weighted by Crippen LogP contribution is -2.22. The number of hydrogen-bond acceptors (Lipinski definition) is 2. The smallest absolute Gasteiger partial charge is 0.123 e. The highest BCUT2D eigenvalue weighted by Crippen LogP contribution is 2.33. The molecule has 0 aromatic heterocycles. The Morgan fingerprint density at radius 1 is 1.33 bits per heavy atom. The summed E-state index contributed by atoms with van der Waals surface area (Å²) >= 11 is 0. The van der Waals surface area contributed by atoms with Crippen molar-refractivity contribution in [3.8, 4) is 0 Å². The summed E-state index contributed by atoms with van der Waals surface area (Å²) in [5.41, 5.74) is 1.67. The van der Waals surface area contributed by atoms with E-state index in [-0.39, 0.29) is 5.82 Å². The molecule has 2 atom stereocenters. The zero-order chi connectivity index (χ0) is 13.3. The van der Waals surface area contributed by atoms with Gasteiger partial charge in [0.1, 0.15) is 5.82 Å². The maximum absolute atomic E-state index is 13.3. The summed E-state index contributed by atoms with van der Waals surface area (Å²) in [6.45, 7) is 8.17. The van der Waals surface area contributed by atoms with E-state index in [2.05, 4.69) is 18.7 Å². The van der Waals surface area contributed by atoms with Gasteiger partial charge in [0.25, 0.3) is 0 Å². The highest BCUT2D eigenvalue weighted by molar-refractivity contribution is 5.55. The third kappa shape index (κ3) is 2.66. The number of hydrogen-bond donors (Lipinski definition) is 1. The Hall–Kier alpha value is -1.09. The van der Waals surface area contributed by atoms with E-state index in [0.717, 1.165) is 18.8 Å². The van der Waals surface area contributed by atoms with Crippen LogP contribution in [0.1, 0.15) is 38.9 Å². The van der Waals surface area contributed by atoms with Crippen molar-refractivity contribution in [2.75, 3.05) is 18.0 Å². The number of aliphatic hydroxyl groups is 1. The highest BCUT2D eigenvalue weighted by atomic mass is 19.1. The van der Waals surface area contributed by atoms with Crippen LogP contribution in [0.3, 0.4) is 0 Å². The molecule has 100 valence electrons. The molecular formula is C15H22FNO. The van der Waals surface area contributed by atoms with Crippen LogP contribution in [-0.4, -0.2) is 18.2 Å². The maximum atomic E-state index is 13.3. The Labute approximate surface area is 108 Å². The van der Waals surface area contributed by atoms with Gasteiger partial charge in [0.05, 0.1) is 6.10 Å². The lowest BCUT2D eigenvalue weighted by atomic mass is 9.95. The molecule has 3 heteroatoms. The predicted molar refractivity (Wildman–Crippen MR) is 72.2 cm³/mol. The van der Waals surface area contributed by atoms with E-state index in [1.54, 1.807) is 13.0 Å². The van der Waals surface area contributed by atoms with Crippen LogP contribution in [-0.2, 0) is 0 Å². The van der Waals surface area contributed by atoms with Crippen LogP contribution in [0.4, 0.5) is 10.1 Å². The van der Waals surface area contributed by atoms with Crippen LogP contribution in [0.2, 0.25) is 0 Å². The number of rotatable bonds is 3. The van der Waals surface area contributed by atoms with Crippen LogP contribution in [0.25, 0.3) is 0 Å². The van der Waals surface area contributed by atoms with Gasteiger partial charge in [-0.15, -0.1) is 0 Å². The molecule has 1 heterocycles. The molecule has 1 fully saturated rings. The van der Waals surface area contributed by atoms with Gasteiger partial charge in [-0.25, -0.2) is 4.39 Å². The van der Waals surface area contributed by atoms with Gasteiger partial charge in [-0.05, 0) is 43.4 Å². The second-order valence-electron chi connectivity index (χ2n) is 5.62. The van der Waals surface area contributed by atoms with Gasteiger partial charge in [0.2, 0.25) is 0 Å². The van der Waals surface area contributed by atoms with E-state index in [1.165, 1.54) is 18.6 Å². The Bertz CT molecular complexity index is 417. The average Bonchev–Trinajstić information content (AvgIpc) is 2.78. The molecule has 1 unspecified atom stereocenters. The number of aliphatic hydroxyl groups excluding tert-OH is 1. The molecular weight excluding hydrogens is 229 g/mol. The summed E-state index contributed by atoms with van der Waals surface area (Å²) in [6, 6.07) is 4.71. The van der Waals surface area contributed by atoms with E-state index in [9.17, 15) is 9.50 Å². The minimum atomic E-state index is -0.631. The summed E-state index contributed by atoms with van der Waals surface area (Å²) in [7, 11) is 0. The lowest BCUT2D eigenvalue weighted by molar-refractivity contribution is 0.199. The van der Waals surface area contributed by atoms with Gasteiger partial charge in [0.15, 0.2) is 0 Å². The van der Waals surface area contributed by atoms with Gasteiger partial charge in [0, 0.05) is 24.3 Å².